The summed E-state index contributed by atoms with van der Waals surface area (Å²) in [7, 11) is 0. The van der Waals surface area contributed by atoms with Gasteiger partial charge in [-0.3, -0.25) is 14.4 Å². The van der Waals surface area contributed by atoms with Gasteiger partial charge in [0.1, 0.15) is 0 Å². The first-order chi connectivity index (χ1) is 11.6. The number of carbonyl (C=O) groups excluding carboxylic acids is 3. The Balaban J connectivity index is 1.86. The number of hydrogen-bond acceptors (Lipinski definition) is 3. The lowest BCUT2D eigenvalue weighted by atomic mass is 10.1. The highest BCUT2D eigenvalue weighted by atomic mass is 16.2. The van der Waals surface area contributed by atoms with E-state index in [0.717, 1.165) is 25.9 Å². The number of rotatable bonds is 5. The Labute approximate surface area is 142 Å². The largest absolute Gasteiger partial charge is 0.356 e. The van der Waals surface area contributed by atoms with E-state index >= 15 is 0 Å². The third kappa shape index (κ3) is 5.68. The highest BCUT2D eigenvalue weighted by molar-refractivity contribution is 5.96. The van der Waals surface area contributed by atoms with E-state index in [9.17, 15) is 14.4 Å². The maximum Gasteiger partial charge on any atom is 0.253 e. The molecule has 3 amide bonds. The number of anilines is 1. The van der Waals surface area contributed by atoms with Gasteiger partial charge in [-0.2, -0.15) is 0 Å². The van der Waals surface area contributed by atoms with Gasteiger partial charge >= 0.3 is 0 Å². The van der Waals surface area contributed by atoms with Crippen molar-refractivity contribution in [1.82, 2.24) is 10.2 Å². The molecule has 1 fully saturated rings. The van der Waals surface area contributed by atoms with Crippen LogP contribution in [0.2, 0.25) is 0 Å². The quantitative estimate of drug-likeness (QED) is 0.868. The Kier molecular flexibility index (Phi) is 6.78. The second kappa shape index (κ2) is 9.05. The molecule has 0 radical (unpaired) electrons. The fourth-order valence-electron chi connectivity index (χ4n) is 2.73. The SMILES string of the molecule is CC(=O)NCCC(=O)Nc1ccc(C(=O)N2CCCCCC2)cc1. The molecule has 2 rings (SSSR count). The molecule has 0 aromatic heterocycles. The first-order valence-electron chi connectivity index (χ1n) is 8.50. The fourth-order valence-corrected chi connectivity index (χ4v) is 2.73. The van der Waals surface area contributed by atoms with Gasteiger partial charge < -0.3 is 15.5 Å². The van der Waals surface area contributed by atoms with Gasteiger partial charge in [0, 0.05) is 44.2 Å². The van der Waals surface area contributed by atoms with Crippen molar-refractivity contribution >= 4 is 23.4 Å². The van der Waals surface area contributed by atoms with Crippen LogP contribution >= 0.6 is 0 Å². The number of nitrogens with one attached hydrogen (secondary N) is 2. The first-order valence-corrected chi connectivity index (χ1v) is 8.50. The molecule has 0 spiro atoms. The zero-order valence-electron chi connectivity index (χ0n) is 14.1. The summed E-state index contributed by atoms with van der Waals surface area (Å²) < 4.78 is 0. The lowest BCUT2D eigenvalue weighted by molar-refractivity contribution is -0.119. The van der Waals surface area contributed by atoms with E-state index in [2.05, 4.69) is 10.6 Å². The van der Waals surface area contributed by atoms with Gasteiger partial charge in [0.2, 0.25) is 11.8 Å². The van der Waals surface area contributed by atoms with Crippen LogP contribution < -0.4 is 10.6 Å². The number of carbonyl (C=O) groups is 3. The number of hydrogen-bond donors (Lipinski definition) is 2. The average molecular weight is 331 g/mol. The molecule has 1 saturated heterocycles. The lowest BCUT2D eigenvalue weighted by Crippen LogP contribution is -2.31. The molecular formula is C18H25N3O3. The van der Waals surface area contributed by atoms with Gasteiger partial charge in [0.15, 0.2) is 0 Å². The number of nitrogens with zero attached hydrogens (tertiary/aromatic N) is 1. The highest BCUT2D eigenvalue weighted by Gasteiger charge is 2.17. The summed E-state index contributed by atoms with van der Waals surface area (Å²) in [4.78, 5) is 36.9. The van der Waals surface area contributed by atoms with Crippen LogP contribution in [0.4, 0.5) is 5.69 Å². The van der Waals surface area contributed by atoms with Crippen molar-refractivity contribution in [3.8, 4) is 0 Å². The van der Waals surface area contributed by atoms with E-state index in [1.165, 1.54) is 19.8 Å². The molecule has 2 N–H and O–H groups in total. The molecule has 6 heteroatoms. The van der Waals surface area contributed by atoms with E-state index < -0.39 is 0 Å². The molecule has 1 aliphatic rings. The fraction of sp³-hybridized carbons (Fsp3) is 0.500. The second-order valence-corrected chi connectivity index (χ2v) is 6.06. The number of likely N-dealkylation sites (tertiary alicyclic amines) is 1. The van der Waals surface area contributed by atoms with Crippen LogP contribution in [0.25, 0.3) is 0 Å². The standard InChI is InChI=1S/C18H25N3O3/c1-14(22)19-11-10-17(23)20-16-8-6-15(7-9-16)18(24)21-12-4-2-3-5-13-21/h6-9H,2-5,10-13H2,1H3,(H,19,22)(H,20,23). The molecule has 6 nitrogen and oxygen atoms in total. The molecule has 1 heterocycles. The summed E-state index contributed by atoms with van der Waals surface area (Å²) in [6, 6.07) is 6.97. The minimum Gasteiger partial charge on any atom is -0.356 e. The maximum atomic E-state index is 12.5. The van der Waals surface area contributed by atoms with Crippen LogP contribution in [0.1, 0.15) is 49.4 Å². The van der Waals surface area contributed by atoms with Crippen molar-refractivity contribution in [3.63, 3.8) is 0 Å². The van der Waals surface area contributed by atoms with Crippen molar-refractivity contribution in [2.45, 2.75) is 39.0 Å². The first kappa shape index (κ1) is 18.0. The summed E-state index contributed by atoms with van der Waals surface area (Å²) in [6.45, 7) is 3.37. The molecule has 0 atom stereocenters. The zero-order valence-corrected chi connectivity index (χ0v) is 14.1. The molecule has 24 heavy (non-hydrogen) atoms. The molecule has 1 aromatic rings. The van der Waals surface area contributed by atoms with Crippen LogP contribution in [0.15, 0.2) is 24.3 Å². The van der Waals surface area contributed by atoms with Gasteiger partial charge in [0.05, 0.1) is 0 Å². The second-order valence-electron chi connectivity index (χ2n) is 6.06. The Morgan fingerprint density at radius 1 is 1.00 bits per heavy atom. The molecule has 1 aliphatic heterocycles. The summed E-state index contributed by atoms with van der Waals surface area (Å²) in [6.07, 6.45) is 4.72. The number of amides is 3. The maximum absolute atomic E-state index is 12.5. The minimum absolute atomic E-state index is 0.0560. The van der Waals surface area contributed by atoms with Crippen molar-refractivity contribution in [3.05, 3.63) is 29.8 Å². The van der Waals surface area contributed by atoms with E-state index in [1.54, 1.807) is 24.3 Å². The molecule has 130 valence electrons. The summed E-state index contributed by atoms with van der Waals surface area (Å²) >= 11 is 0. The Morgan fingerprint density at radius 3 is 2.21 bits per heavy atom. The predicted molar refractivity (Wildman–Crippen MR) is 92.7 cm³/mol. The van der Waals surface area contributed by atoms with Crippen LogP contribution in [0.3, 0.4) is 0 Å². The van der Waals surface area contributed by atoms with Gasteiger partial charge in [-0.05, 0) is 37.1 Å². The zero-order chi connectivity index (χ0) is 17.4. The normalized spacial score (nSPS) is 14.6. The average Bonchev–Trinajstić information content (AvgIpc) is 2.84. The smallest absolute Gasteiger partial charge is 0.253 e. The Morgan fingerprint density at radius 2 is 1.62 bits per heavy atom. The predicted octanol–water partition coefficient (Wildman–Crippen LogP) is 2.17. The summed E-state index contributed by atoms with van der Waals surface area (Å²) in [5.74, 6) is -0.269. The summed E-state index contributed by atoms with van der Waals surface area (Å²) in [5.41, 5.74) is 1.29. The molecule has 1 aromatic carbocycles. The van der Waals surface area contributed by atoms with Gasteiger partial charge in [-0.15, -0.1) is 0 Å². The molecule has 0 saturated carbocycles. The van der Waals surface area contributed by atoms with Crippen LogP contribution in [-0.4, -0.2) is 42.3 Å². The minimum atomic E-state index is -0.171. The van der Waals surface area contributed by atoms with Gasteiger partial charge in [-0.25, -0.2) is 0 Å². The van der Waals surface area contributed by atoms with E-state index in [-0.39, 0.29) is 24.1 Å². The van der Waals surface area contributed by atoms with Crippen LogP contribution in [0, 0.1) is 0 Å². The van der Waals surface area contributed by atoms with E-state index in [0.29, 0.717) is 17.8 Å². The molecular weight excluding hydrogens is 306 g/mol. The molecule has 0 unspecified atom stereocenters. The summed E-state index contributed by atoms with van der Waals surface area (Å²) in [5, 5.41) is 5.33. The number of benzene rings is 1. The Hall–Kier alpha value is -2.37. The van der Waals surface area contributed by atoms with Crippen molar-refractivity contribution in [2.24, 2.45) is 0 Å². The lowest BCUT2D eigenvalue weighted by Gasteiger charge is -2.20. The third-order valence-electron chi connectivity index (χ3n) is 4.03. The van der Waals surface area contributed by atoms with Crippen LogP contribution in [0.5, 0.6) is 0 Å². The van der Waals surface area contributed by atoms with Crippen LogP contribution in [-0.2, 0) is 9.59 Å². The molecule has 0 bridgehead atoms. The van der Waals surface area contributed by atoms with Gasteiger partial charge in [0.25, 0.3) is 5.91 Å². The Bertz CT molecular complexity index is 576. The van der Waals surface area contributed by atoms with Crippen molar-refractivity contribution < 1.29 is 14.4 Å². The monoisotopic (exact) mass is 331 g/mol. The molecule has 0 aliphatic carbocycles. The van der Waals surface area contributed by atoms with Crippen molar-refractivity contribution in [1.29, 1.82) is 0 Å². The van der Waals surface area contributed by atoms with Crippen molar-refractivity contribution in [2.75, 3.05) is 25.0 Å². The van der Waals surface area contributed by atoms with E-state index in [4.69, 9.17) is 0 Å². The third-order valence-corrected chi connectivity index (χ3v) is 4.03. The van der Waals surface area contributed by atoms with E-state index in [1.807, 2.05) is 4.90 Å². The van der Waals surface area contributed by atoms with Gasteiger partial charge in [-0.1, -0.05) is 12.8 Å². The highest BCUT2D eigenvalue weighted by Crippen LogP contribution is 2.15. The topological polar surface area (TPSA) is 78.5 Å².